The van der Waals surface area contributed by atoms with Crippen molar-refractivity contribution in [2.75, 3.05) is 13.2 Å². The zero-order valence-electron chi connectivity index (χ0n) is 9.22. The number of rotatable bonds is 8. The standard InChI is InChI=1S/C10H18F2O3/c1-3-5-6-7-8-15-10(11,12)9(13)14-4-2/h3-8H2,1-2H3. The van der Waals surface area contributed by atoms with Gasteiger partial charge in [0, 0.05) is 0 Å². The van der Waals surface area contributed by atoms with Crippen molar-refractivity contribution >= 4 is 5.97 Å². The molecule has 3 nitrogen and oxygen atoms in total. The van der Waals surface area contributed by atoms with Gasteiger partial charge in [-0.3, -0.25) is 0 Å². The molecule has 0 aliphatic heterocycles. The summed E-state index contributed by atoms with van der Waals surface area (Å²) < 4.78 is 34.0. The molecule has 0 bridgehead atoms. The van der Waals surface area contributed by atoms with E-state index in [2.05, 4.69) is 9.47 Å². The Morgan fingerprint density at radius 3 is 2.40 bits per heavy atom. The van der Waals surface area contributed by atoms with Gasteiger partial charge in [0.1, 0.15) is 0 Å². The van der Waals surface area contributed by atoms with Gasteiger partial charge in [-0.25, -0.2) is 4.79 Å². The number of halogens is 2. The van der Waals surface area contributed by atoms with Gasteiger partial charge >= 0.3 is 12.1 Å². The number of hydrogen-bond acceptors (Lipinski definition) is 3. The van der Waals surface area contributed by atoms with Crippen LogP contribution in [0.4, 0.5) is 8.78 Å². The van der Waals surface area contributed by atoms with E-state index in [0.717, 1.165) is 19.3 Å². The third-order valence-electron chi connectivity index (χ3n) is 1.79. The zero-order chi connectivity index (χ0) is 11.7. The summed E-state index contributed by atoms with van der Waals surface area (Å²) in [5, 5.41) is 0. The van der Waals surface area contributed by atoms with Crippen LogP contribution in [-0.2, 0) is 14.3 Å². The van der Waals surface area contributed by atoms with Crippen LogP contribution in [0.5, 0.6) is 0 Å². The molecule has 0 aromatic rings. The van der Waals surface area contributed by atoms with Gasteiger partial charge in [0.25, 0.3) is 0 Å². The van der Waals surface area contributed by atoms with Crippen molar-refractivity contribution in [2.24, 2.45) is 0 Å². The third kappa shape index (κ3) is 6.38. The fraction of sp³-hybridized carbons (Fsp3) is 0.900. The Morgan fingerprint density at radius 1 is 1.20 bits per heavy atom. The number of unbranched alkanes of at least 4 members (excludes halogenated alkanes) is 3. The monoisotopic (exact) mass is 224 g/mol. The van der Waals surface area contributed by atoms with E-state index in [-0.39, 0.29) is 13.2 Å². The minimum atomic E-state index is -3.80. The number of carbonyl (C=O) groups excluding carboxylic acids is 1. The molecule has 0 rings (SSSR count). The Bertz CT molecular complexity index is 184. The summed E-state index contributed by atoms with van der Waals surface area (Å²) in [6, 6.07) is 0. The molecule has 0 aromatic carbocycles. The summed E-state index contributed by atoms with van der Waals surface area (Å²) in [6.45, 7) is 3.29. The zero-order valence-corrected chi connectivity index (χ0v) is 9.22. The molecule has 0 saturated heterocycles. The highest BCUT2D eigenvalue weighted by atomic mass is 19.3. The predicted molar refractivity (Wildman–Crippen MR) is 51.7 cm³/mol. The van der Waals surface area contributed by atoms with E-state index in [9.17, 15) is 13.6 Å². The first-order valence-electron chi connectivity index (χ1n) is 5.23. The normalized spacial score (nSPS) is 11.5. The van der Waals surface area contributed by atoms with Crippen molar-refractivity contribution in [1.29, 1.82) is 0 Å². The Balaban J connectivity index is 3.68. The Kier molecular flexibility index (Phi) is 7.21. The van der Waals surface area contributed by atoms with Crippen LogP contribution >= 0.6 is 0 Å². The van der Waals surface area contributed by atoms with E-state index in [0.29, 0.717) is 6.42 Å². The molecular formula is C10H18F2O3. The van der Waals surface area contributed by atoms with Crippen LogP contribution in [0.3, 0.4) is 0 Å². The van der Waals surface area contributed by atoms with E-state index in [1.807, 2.05) is 6.92 Å². The fourth-order valence-corrected chi connectivity index (χ4v) is 1.00. The van der Waals surface area contributed by atoms with Crippen LogP contribution in [0.25, 0.3) is 0 Å². The van der Waals surface area contributed by atoms with Crippen molar-refractivity contribution < 1.29 is 23.0 Å². The highest BCUT2D eigenvalue weighted by Gasteiger charge is 2.42. The quantitative estimate of drug-likeness (QED) is 0.469. The Labute approximate surface area is 88.7 Å². The van der Waals surface area contributed by atoms with Gasteiger partial charge in [-0.15, -0.1) is 0 Å². The number of carbonyl (C=O) groups is 1. The van der Waals surface area contributed by atoms with Crippen molar-refractivity contribution in [3.8, 4) is 0 Å². The molecule has 5 heteroatoms. The molecule has 0 unspecified atom stereocenters. The van der Waals surface area contributed by atoms with Gasteiger partial charge in [-0.05, 0) is 13.3 Å². The molecule has 0 radical (unpaired) electrons. The maximum Gasteiger partial charge on any atom is 0.456 e. The Hall–Kier alpha value is -0.710. The lowest BCUT2D eigenvalue weighted by atomic mass is 10.2. The van der Waals surface area contributed by atoms with Crippen LogP contribution in [0.1, 0.15) is 39.5 Å². The number of hydrogen-bond donors (Lipinski definition) is 0. The molecule has 0 atom stereocenters. The summed E-state index contributed by atoms with van der Waals surface area (Å²) in [6.07, 6.45) is -0.441. The van der Waals surface area contributed by atoms with Crippen LogP contribution in [0.2, 0.25) is 0 Å². The average molecular weight is 224 g/mol. The van der Waals surface area contributed by atoms with Crippen LogP contribution in [0.15, 0.2) is 0 Å². The average Bonchev–Trinajstić information content (AvgIpc) is 2.18. The number of ether oxygens (including phenoxy) is 2. The molecule has 0 aromatic heterocycles. The van der Waals surface area contributed by atoms with E-state index in [1.54, 1.807) is 0 Å². The predicted octanol–water partition coefficient (Wildman–Crippen LogP) is 2.74. The molecule has 0 N–H and O–H groups in total. The SMILES string of the molecule is CCCCCCOC(F)(F)C(=O)OCC. The molecule has 0 saturated carbocycles. The molecule has 90 valence electrons. The first kappa shape index (κ1) is 14.3. The van der Waals surface area contributed by atoms with E-state index < -0.39 is 12.1 Å². The molecule has 15 heavy (non-hydrogen) atoms. The summed E-state index contributed by atoms with van der Waals surface area (Å²) in [5.41, 5.74) is 0. The first-order chi connectivity index (χ1) is 7.04. The van der Waals surface area contributed by atoms with Gasteiger partial charge in [-0.2, -0.15) is 8.78 Å². The lowest BCUT2D eigenvalue weighted by molar-refractivity contribution is -0.250. The van der Waals surface area contributed by atoms with Crippen molar-refractivity contribution in [1.82, 2.24) is 0 Å². The fourth-order valence-electron chi connectivity index (χ4n) is 1.00. The number of esters is 1. The highest BCUT2D eigenvalue weighted by Crippen LogP contribution is 2.18. The van der Waals surface area contributed by atoms with Gasteiger partial charge in [0.2, 0.25) is 0 Å². The lowest BCUT2D eigenvalue weighted by Crippen LogP contribution is -2.34. The molecule has 0 aliphatic carbocycles. The van der Waals surface area contributed by atoms with E-state index in [1.165, 1.54) is 6.92 Å². The van der Waals surface area contributed by atoms with Crippen molar-refractivity contribution in [3.05, 3.63) is 0 Å². The molecule has 0 aliphatic rings. The maximum absolute atomic E-state index is 12.8. The molecule has 0 heterocycles. The summed E-state index contributed by atoms with van der Waals surface area (Å²) in [5.74, 6) is -1.61. The van der Waals surface area contributed by atoms with Crippen LogP contribution in [0, 0.1) is 0 Å². The second-order valence-corrected chi connectivity index (χ2v) is 3.15. The highest BCUT2D eigenvalue weighted by molar-refractivity contribution is 5.75. The number of alkyl halides is 2. The van der Waals surface area contributed by atoms with E-state index in [4.69, 9.17) is 0 Å². The van der Waals surface area contributed by atoms with Gasteiger partial charge in [0.05, 0.1) is 13.2 Å². The summed E-state index contributed by atoms with van der Waals surface area (Å²) >= 11 is 0. The molecule has 0 amide bonds. The largest absolute Gasteiger partial charge is 0.460 e. The topological polar surface area (TPSA) is 35.5 Å². The molecule has 0 spiro atoms. The van der Waals surface area contributed by atoms with Crippen LogP contribution < -0.4 is 0 Å². The summed E-state index contributed by atoms with van der Waals surface area (Å²) in [4.78, 5) is 10.7. The second-order valence-electron chi connectivity index (χ2n) is 3.15. The Morgan fingerprint density at radius 2 is 1.87 bits per heavy atom. The van der Waals surface area contributed by atoms with Gasteiger partial charge in [0.15, 0.2) is 0 Å². The third-order valence-corrected chi connectivity index (χ3v) is 1.79. The first-order valence-corrected chi connectivity index (χ1v) is 5.23. The van der Waals surface area contributed by atoms with Gasteiger partial charge < -0.3 is 9.47 Å². The smallest absolute Gasteiger partial charge is 0.456 e. The van der Waals surface area contributed by atoms with Crippen molar-refractivity contribution in [2.45, 2.75) is 45.6 Å². The summed E-state index contributed by atoms with van der Waals surface area (Å²) in [7, 11) is 0. The van der Waals surface area contributed by atoms with E-state index >= 15 is 0 Å². The minimum Gasteiger partial charge on any atom is -0.460 e. The maximum atomic E-state index is 12.8. The molecular weight excluding hydrogens is 206 g/mol. The van der Waals surface area contributed by atoms with Crippen LogP contribution in [-0.4, -0.2) is 25.3 Å². The molecule has 0 fully saturated rings. The van der Waals surface area contributed by atoms with Crippen molar-refractivity contribution in [3.63, 3.8) is 0 Å². The lowest BCUT2D eigenvalue weighted by Gasteiger charge is -2.14. The minimum absolute atomic E-state index is 0.0758. The second kappa shape index (κ2) is 7.56. The van der Waals surface area contributed by atoms with Gasteiger partial charge in [-0.1, -0.05) is 26.2 Å².